The van der Waals surface area contributed by atoms with Crippen molar-refractivity contribution in [3.8, 4) is 28.2 Å². The molecule has 0 bridgehead atoms. The molecule has 28 heavy (non-hydrogen) atoms. The maximum Gasteiger partial charge on any atom is 0.416 e. The molecule has 3 nitrogen and oxygen atoms in total. The van der Waals surface area contributed by atoms with Gasteiger partial charge in [0.15, 0.2) is 11.5 Å². The van der Waals surface area contributed by atoms with Gasteiger partial charge in [-0.25, -0.2) is 0 Å². The summed E-state index contributed by atoms with van der Waals surface area (Å²) < 4.78 is 45.6. The summed E-state index contributed by atoms with van der Waals surface area (Å²) in [5, 5.41) is 10.9. The summed E-state index contributed by atoms with van der Waals surface area (Å²) in [5.74, 6) is 0.410. The van der Waals surface area contributed by atoms with E-state index in [0.29, 0.717) is 18.0 Å². The van der Waals surface area contributed by atoms with Gasteiger partial charge in [-0.05, 0) is 30.5 Å². The van der Waals surface area contributed by atoms with Crippen LogP contribution in [0.1, 0.15) is 18.4 Å². The highest BCUT2D eigenvalue weighted by atomic mass is 19.4. The van der Waals surface area contributed by atoms with Crippen LogP contribution in [0.3, 0.4) is 0 Å². The fraction of sp³-hybridized carbons (Fsp3) is 0.182. The van der Waals surface area contributed by atoms with E-state index >= 15 is 0 Å². The van der Waals surface area contributed by atoms with Crippen LogP contribution in [0, 0.1) is 0 Å². The minimum Gasteiger partial charge on any atom is -0.504 e. The third-order valence-electron chi connectivity index (χ3n) is 4.70. The number of anilines is 1. The predicted octanol–water partition coefficient (Wildman–Crippen LogP) is 6.45. The summed E-state index contributed by atoms with van der Waals surface area (Å²) in [4.78, 5) is 1.82. The number of halogens is 3. The molecular weight excluding hydrogens is 367 g/mol. The smallest absolute Gasteiger partial charge is 0.416 e. The van der Waals surface area contributed by atoms with Crippen LogP contribution in [-0.2, 0) is 6.18 Å². The molecule has 0 aliphatic carbocycles. The molecule has 2 heterocycles. The second-order valence-corrected chi connectivity index (χ2v) is 6.62. The van der Waals surface area contributed by atoms with Gasteiger partial charge in [0, 0.05) is 18.3 Å². The highest BCUT2D eigenvalue weighted by Crippen LogP contribution is 2.48. The fourth-order valence-electron chi connectivity index (χ4n) is 3.33. The highest BCUT2D eigenvalue weighted by Gasteiger charge is 2.32. The van der Waals surface area contributed by atoms with E-state index in [-0.39, 0.29) is 22.6 Å². The van der Waals surface area contributed by atoms with Crippen LogP contribution >= 0.6 is 0 Å². The summed E-state index contributed by atoms with van der Waals surface area (Å²) in [6.07, 6.45) is 1.16. The molecule has 0 spiro atoms. The minimum atomic E-state index is -4.47. The molecule has 6 heteroatoms. The van der Waals surface area contributed by atoms with Crippen LogP contribution in [0.5, 0.6) is 5.75 Å². The molecule has 1 aliphatic heterocycles. The Hall–Kier alpha value is -3.15. The fourth-order valence-corrected chi connectivity index (χ4v) is 3.33. The van der Waals surface area contributed by atoms with Crippen molar-refractivity contribution in [1.29, 1.82) is 0 Å². The lowest BCUT2D eigenvalue weighted by molar-refractivity contribution is -0.137. The van der Waals surface area contributed by atoms with Crippen molar-refractivity contribution in [3.05, 3.63) is 72.4 Å². The average molecular weight is 385 g/mol. The van der Waals surface area contributed by atoms with Crippen molar-refractivity contribution >= 4 is 5.88 Å². The molecule has 0 fully saturated rings. The number of nitrogens with zero attached hydrogens (tertiary/aromatic N) is 1. The molecule has 0 amide bonds. The Morgan fingerprint density at radius 3 is 2.39 bits per heavy atom. The number of alkyl halides is 3. The standard InChI is InChI=1S/C22H18F3NO2/c23-22(24,25)17-11-7-10-16(14-17)18-19(27)20(15-8-3-1-4-9-15)28-21(18)26-12-5-2-6-13-26/h1,3-5,7-12,14,27H,2,6,13H2. The lowest BCUT2D eigenvalue weighted by Crippen LogP contribution is -2.20. The second kappa shape index (κ2) is 7.11. The van der Waals surface area contributed by atoms with E-state index in [2.05, 4.69) is 0 Å². The van der Waals surface area contributed by atoms with Crippen molar-refractivity contribution < 1.29 is 22.7 Å². The topological polar surface area (TPSA) is 36.6 Å². The van der Waals surface area contributed by atoms with Gasteiger partial charge in [0.05, 0.1) is 11.1 Å². The maximum atomic E-state index is 13.2. The molecule has 2 aromatic carbocycles. The summed E-state index contributed by atoms with van der Waals surface area (Å²) in [6.45, 7) is 0.656. The van der Waals surface area contributed by atoms with Gasteiger partial charge in [-0.2, -0.15) is 13.2 Å². The van der Waals surface area contributed by atoms with Crippen molar-refractivity contribution in [2.75, 3.05) is 11.4 Å². The van der Waals surface area contributed by atoms with Gasteiger partial charge in [-0.15, -0.1) is 0 Å². The molecule has 1 aliphatic rings. The third-order valence-corrected chi connectivity index (χ3v) is 4.70. The van der Waals surface area contributed by atoms with Crippen molar-refractivity contribution in [2.24, 2.45) is 0 Å². The summed E-state index contributed by atoms with van der Waals surface area (Å²) >= 11 is 0. The van der Waals surface area contributed by atoms with Gasteiger partial charge < -0.3 is 14.4 Å². The average Bonchev–Trinajstić information content (AvgIpc) is 3.06. The van der Waals surface area contributed by atoms with E-state index in [9.17, 15) is 18.3 Å². The number of hydrogen-bond donors (Lipinski definition) is 1. The quantitative estimate of drug-likeness (QED) is 0.563. The van der Waals surface area contributed by atoms with E-state index in [1.54, 1.807) is 18.2 Å². The van der Waals surface area contributed by atoms with Crippen LogP contribution in [-0.4, -0.2) is 11.7 Å². The lowest BCUT2D eigenvalue weighted by Gasteiger charge is -2.22. The molecule has 0 atom stereocenters. The second-order valence-electron chi connectivity index (χ2n) is 6.62. The number of furan rings is 1. The molecule has 0 radical (unpaired) electrons. The van der Waals surface area contributed by atoms with Crippen LogP contribution in [0.15, 0.2) is 71.3 Å². The molecule has 144 valence electrons. The maximum absolute atomic E-state index is 13.2. The monoisotopic (exact) mass is 385 g/mol. The van der Waals surface area contributed by atoms with Gasteiger partial charge in [-0.1, -0.05) is 48.5 Å². The number of allylic oxidation sites excluding steroid dienone is 1. The molecule has 4 rings (SSSR count). The zero-order chi connectivity index (χ0) is 19.7. The van der Waals surface area contributed by atoms with Crippen molar-refractivity contribution in [3.63, 3.8) is 0 Å². The van der Waals surface area contributed by atoms with Crippen LogP contribution < -0.4 is 4.90 Å². The Morgan fingerprint density at radius 1 is 0.964 bits per heavy atom. The highest BCUT2D eigenvalue weighted by molar-refractivity contribution is 5.88. The lowest BCUT2D eigenvalue weighted by atomic mass is 10.0. The first kappa shape index (κ1) is 18.2. The molecule has 0 saturated carbocycles. The Kier molecular flexibility index (Phi) is 4.63. The number of aromatic hydroxyl groups is 1. The summed E-state index contributed by atoms with van der Waals surface area (Å²) in [5.41, 5.74) is 0.399. The first-order valence-electron chi connectivity index (χ1n) is 8.97. The van der Waals surface area contributed by atoms with E-state index in [4.69, 9.17) is 4.42 Å². The molecule has 1 N–H and O–H groups in total. The van der Waals surface area contributed by atoms with Gasteiger partial charge in [0.1, 0.15) is 0 Å². The SMILES string of the molecule is Oc1c(-c2ccccc2)oc(N2C=CCCC2)c1-c1cccc(C(F)(F)F)c1. The molecule has 0 saturated heterocycles. The van der Waals surface area contributed by atoms with E-state index in [1.807, 2.05) is 35.4 Å². The third kappa shape index (κ3) is 3.38. The number of rotatable bonds is 3. The largest absolute Gasteiger partial charge is 0.504 e. The van der Waals surface area contributed by atoms with Crippen LogP contribution in [0.25, 0.3) is 22.5 Å². The van der Waals surface area contributed by atoms with Gasteiger partial charge in [0.2, 0.25) is 5.88 Å². The minimum absolute atomic E-state index is 0.167. The Labute approximate surface area is 160 Å². The normalized spacial score (nSPS) is 14.5. The van der Waals surface area contributed by atoms with Crippen LogP contribution in [0.2, 0.25) is 0 Å². The van der Waals surface area contributed by atoms with E-state index in [1.165, 1.54) is 6.07 Å². The predicted molar refractivity (Wildman–Crippen MR) is 102 cm³/mol. The molecular formula is C22H18F3NO2. The van der Waals surface area contributed by atoms with E-state index < -0.39 is 11.7 Å². The van der Waals surface area contributed by atoms with Crippen LogP contribution in [0.4, 0.5) is 19.1 Å². The van der Waals surface area contributed by atoms with Crippen molar-refractivity contribution in [2.45, 2.75) is 19.0 Å². The Bertz CT molecular complexity index is 1010. The van der Waals surface area contributed by atoms with Gasteiger partial charge in [0.25, 0.3) is 0 Å². The first-order chi connectivity index (χ1) is 13.4. The summed E-state index contributed by atoms with van der Waals surface area (Å²) in [6, 6.07) is 14.0. The molecule has 3 aromatic rings. The zero-order valence-electron chi connectivity index (χ0n) is 14.9. The first-order valence-corrected chi connectivity index (χ1v) is 8.97. The van der Waals surface area contributed by atoms with Crippen molar-refractivity contribution in [1.82, 2.24) is 0 Å². The zero-order valence-corrected chi connectivity index (χ0v) is 14.9. The van der Waals surface area contributed by atoms with Gasteiger partial charge >= 0.3 is 6.18 Å². The number of hydrogen-bond acceptors (Lipinski definition) is 3. The number of benzene rings is 2. The Balaban J connectivity index is 1.91. The molecule has 0 unspecified atom stereocenters. The van der Waals surface area contributed by atoms with E-state index in [0.717, 1.165) is 25.0 Å². The Morgan fingerprint density at radius 2 is 1.71 bits per heavy atom. The van der Waals surface area contributed by atoms with Gasteiger partial charge in [-0.3, -0.25) is 0 Å². The molecule has 1 aromatic heterocycles. The summed E-state index contributed by atoms with van der Waals surface area (Å²) in [7, 11) is 0.